The van der Waals surface area contributed by atoms with Crippen molar-refractivity contribution in [2.45, 2.75) is 37.8 Å². The summed E-state index contributed by atoms with van der Waals surface area (Å²) in [5.74, 6) is 6.67. The van der Waals surface area contributed by atoms with Crippen LogP contribution in [-0.4, -0.2) is 52.8 Å². The first-order chi connectivity index (χ1) is 14.9. The molecule has 2 aromatic rings. The smallest absolute Gasteiger partial charge is 0.240 e. The van der Waals surface area contributed by atoms with Crippen molar-refractivity contribution >= 4 is 23.4 Å². The van der Waals surface area contributed by atoms with E-state index >= 15 is 0 Å². The Morgan fingerprint density at radius 3 is 2.84 bits per heavy atom. The van der Waals surface area contributed by atoms with Crippen molar-refractivity contribution < 1.29 is 14.3 Å². The zero-order valence-corrected chi connectivity index (χ0v) is 17.6. The molecular formula is C22H27FN6O2. The fraction of sp³-hybridized carbons (Fsp3) is 0.409. The summed E-state index contributed by atoms with van der Waals surface area (Å²) in [7, 11) is 1.75. The number of nitrogens with zero attached hydrogens (tertiary/aromatic N) is 2. The Labute approximate surface area is 181 Å². The predicted octanol–water partition coefficient (Wildman–Crippen LogP) is 1.76. The molecule has 0 spiro atoms. The largest absolute Gasteiger partial charge is 0.392 e. The minimum atomic E-state index is -0.714. The van der Waals surface area contributed by atoms with E-state index in [0.717, 1.165) is 0 Å². The molecule has 2 atom stereocenters. The molecule has 9 heteroatoms. The Kier molecular flexibility index (Phi) is 7.39. The number of unbranched alkanes of at least 4 members (excludes halogenated alkanes) is 1. The topological polar surface area (TPSA) is 111 Å². The van der Waals surface area contributed by atoms with Crippen LogP contribution in [0.3, 0.4) is 0 Å². The van der Waals surface area contributed by atoms with Crippen molar-refractivity contribution in [1.29, 1.82) is 0 Å². The van der Waals surface area contributed by atoms with Gasteiger partial charge in [-0.2, -0.15) is 4.98 Å². The van der Waals surface area contributed by atoms with Crippen LogP contribution in [0.1, 0.15) is 31.7 Å². The van der Waals surface area contributed by atoms with E-state index in [-0.39, 0.29) is 11.7 Å². The predicted molar refractivity (Wildman–Crippen MR) is 117 cm³/mol. The van der Waals surface area contributed by atoms with E-state index in [2.05, 4.69) is 43.1 Å². The molecule has 0 aliphatic carbocycles. The molecule has 0 unspecified atom stereocenters. The molecule has 1 aromatic heterocycles. The first kappa shape index (κ1) is 22.5. The van der Waals surface area contributed by atoms with E-state index in [1.807, 2.05) is 0 Å². The van der Waals surface area contributed by atoms with Gasteiger partial charge in [-0.3, -0.25) is 4.79 Å². The van der Waals surface area contributed by atoms with Crippen LogP contribution in [0.15, 0.2) is 30.5 Å². The highest BCUT2D eigenvalue weighted by Crippen LogP contribution is 2.19. The van der Waals surface area contributed by atoms with Crippen molar-refractivity contribution in [1.82, 2.24) is 20.6 Å². The number of carbonyl (C=O) groups is 1. The van der Waals surface area contributed by atoms with Crippen LogP contribution in [0.25, 0.3) is 0 Å². The molecule has 31 heavy (non-hydrogen) atoms. The molecule has 1 aliphatic rings. The highest BCUT2D eigenvalue weighted by Gasteiger charge is 2.39. The molecule has 1 amide bonds. The van der Waals surface area contributed by atoms with Crippen molar-refractivity contribution in [3.05, 3.63) is 41.8 Å². The van der Waals surface area contributed by atoms with Crippen LogP contribution in [-0.2, 0) is 4.79 Å². The summed E-state index contributed by atoms with van der Waals surface area (Å²) in [6.45, 7) is 2.74. The Hall–Kier alpha value is -3.22. The van der Waals surface area contributed by atoms with Crippen LogP contribution in [0, 0.1) is 17.7 Å². The number of halogens is 1. The Morgan fingerprint density at radius 2 is 2.16 bits per heavy atom. The molecule has 0 saturated carbocycles. The van der Waals surface area contributed by atoms with Crippen molar-refractivity contribution in [2.75, 3.05) is 30.8 Å². The summed E-state index contributed by atoms with van der Waals surface area (Å²) < 4.78 is 13.0. The number of carbonyl (C=O) groups excluding carboxylic acids is 1. The summed E-state index contributed by atoms with van der Waals surface area (Å²) in [5.41, 5.74) is 0.627. The highest BCUT2D eigenvalue weighted by molar-refractivity contribution is 5.86. The maximum Gasteiger partial charge on any atom is 0.240 e. The minimum Gasteiger partial charge on any atom is -0.392 e. The lowest BCUT2D eigenvalue weighted by Gasteiger charge is -2.22. The standard InChI is InChI=1S/C22H27FN6O2/c1-22(12-18(30)14-27-22)20(31)25-11-5-3-4-6-15-13-26-21(29-19(15)24-2)28-17-9-7-16(23)8-10-17/h7-10,13,18,27,30H,3,5,11-12,14H2,1-2H3,(H,25,31)(H2,24,26,28,29)/t18-,22+/m1/s1. The number of aliphatic hydroxyl groups is 1. The molecule has 0 bridgehead atoms. The molecule has 164 valence electrons. The van der Waals surface area contributed by atoms with E-state index in [4.69, 9.17) is 0 Å². The number of hydrogen-bond acceptors (Lipinski definition) is 7. The fourth-order valence-electron chi connectivity index (χ4n) is 3.25. The third kappa shape index (κ3) is 6.13. The summed E-state index contributed by atoms with van der Waals surface area (Å²) in [4.78, 5) is 20.9. The molecule has 1 fully saturated rings. The second-order valence-electron chi connectivity index (χ2n) is 7.57. The monoisotopic (exact) mass is 426 g/mol. The molecule has 8 nitrogen and oxygen atoms in total. The van der Waals surface area contributed by atoms with Crippen molar-refractivity contribution in [2.24, 2.45) is 0 Å². The molecule has 1 saturated heterocycles. The quantitative estimate of drug-likeness (QED) is 0.339. The van der Waals surface area contributed by atoms with Gasteiger partial charge in [0, 0.05) is 38.7 Å². The summed E-state index contributed by atoms with van der Waals surface area (Å²) in [5, 5.41) is 21.6. The van der Waals surface area contributed by atoms with E-state index in [0.29, 0.717) is 55.4 Å². The number of nitrogens with one attached hydrogen (secondary N) is 4. The van der Waals surface area contributed by atoms with Gasteiger partial charge < -0.3 is 26.4 Å². The SMILES string of the molecule is CNc1nc(Nc2ccc(F)cc2)ncc1C#CCCCNC(=O)[C@]1(C)C[C@@H](O)CN1. The molecular weight excluding hydrogens is 399 g/mol. The highest BCUT2D eigenvalue weighted by atomic mass is 19.1. The lowest BCUT2D eigenvalue weighted by atomic mass is 9.98. The Morgan fingerprint density at radius 1 is 1.39 bits per heavy atom. The summed E-state index contributed by atoms with van der Waals surface area (Å²) in [6, 6.07) is 5.93. The Balaban J connectivity index is 1.49. The van der Waals surface area contributed by atoms with Gasteiger partial charge in [-0.15, -0.1) is 0 Å². The number of hydrogen-bond donors (Lipinski definition) is 5. The maximum atomic E-state index is 13.0. The summed E-state index contributed by atoms with van der Waals surface area (Å²) in [6.07, 6.45) is 2.86. The molecule has 1 aromatic carbocycles. The van der Waals surface area contributed by atoms with Gasteiger partial charge in [0.15, 0.2) is 0 Å². The van der Waals surface area contributed by atoms with E-state index in [1.165, 1.54) is 12.1 Å². The van der Waals surface area contributed by atoms with Gasteiger partial charge in [0.1, 0.15) is 11.6 Å². The van der Waals surface area contributed by atoms with E-state index in [1.54, 1.807) is 32.3 Å². The van der Waals surface area contributed by atoms with Crippen molar-refractivity contribution in [3.8, 4) is 11.8 Å². The van der Waals surface area contributed by atoms with Gasteiger partial charge in [0.05, 0.1) is 23.4 Å². The number of anilines is 3. The second kappa shape index (κ2) is 10.2. The normalized spacial score (nSPS) is 19.9. The molecule has 1 aliphatic heterocycles. The number of β-amino-alcohol motifs (C(OH)–C–C–N with tert-alkyl or cyclic N) is 1. The van der Waals surface area contributed by atoms with Gasteiger partial charge in [-0.1, -0.05) is 11.8 Å². The van der Waals surface area contributed by atoms with Gasteiger partial charge in [-0.25, -0.2) is 9.37 Å². The van der Waals surface area contributed by atoms with Gasteiger partial charge >= 0.3 is 0 Å². The van der Waals surface area contributed by atoms with Crippen LogP contribution in [0.5, 0.6) is 0 Å². The van der Waals surface area contributed by atoms with Crippen LogP contribution >= 0.6 is 0 Å². The third-order valence-corrected chi connectivity index (χ3v) is 4.99. The first-order valence-corrected chi connectivity index (χ1v) is 10.2. The van der Waals surface area contributed by atoms with Crippen LogP contribution in [0.4, 0.5) is 21.8 Å². The number of amides is 1. The van der Waals surface area contributed by atoms with Gasteiger partial charge in [0.2, 0.25) is 11.9 Å². The maximum absolute atomic E-state index is 13.0. The average molecular weight is 426 g/mol. The Bertz CT molecular complexity index is 972. The van der Waals surface area contributed by atoms with Crippen molar-refractivity contribution in [3.63, 3.8) is 0 Å². The molecule has 5 N–H and O–H groups in total. The second-order valence-corrected chi connectivity index (χ2v) is 7.57. The average Bonchev–Trinajstić information content (AvgIpc) is 3.12. The van der Waals surface area contributed by atoms with E-state index < -0.39 is 11.6 Å². The zero-order valence-electron chi connectivity index (χ0n) is 17.6. The van der Waals surface area contributed by atoms with E-state index in [9.17, 15) is 14.3 Å². The number of aliphatic hydroxyl groups excluding tert-OH is 1. The van der Waals surface area contributed by atoms with Crippen LogP contribution < -0.4 is 21.3 Å². The third-order valence-electron chi connectivity index (χ3n) is 4.99. The molecule has 3 rings (SSSR count). The summed E-state index contributed by atoms with van der Waals surface area (Å²) >= 11 is 0. The number of benzene rings is 1. The molecule has 2 heterocycles. The zero-order chi connectivity index (χ0) is 22.3. The fourth-order valence-corrected chi connectivity index (χ4v) is 3.25. The lowest BCUT2D eigenvalue weighted by molar-refractivity contribution is -0.126. The lowest BCUT2D eigenvalue weighted by Crippen LogP contribution is -2.51. The molecule has 0 radical (unpaired) electrons. The minimum absolute atomic E-state index is 0.105. The van der Waals surface area contributed by atoms with Crippen LogP contribution in [0.2, 0.25) is 0 Å². The van der Waals surface area contributed by atoms with Gasteiger partial charge in [0.25, 0.3) is 0 Å². The number of rotatable bonds is 7. The number of aromatic nitrogens is 2. The first-order valence-electron chi connectivity index (χ1n) is 10.2. The van der Waals surface area contributed by atoms with Gasteiger partial charge in [-0.05, 0) is 37.6 Å².